The van der Waals surface area contributed by atoms with Gasteiger partial charge in [-0.25, -0.2) is 4.68 Å². The number of thioether (sulfide) groups is 1. The summed E-state index contributed by atoms with van der Waals surface area (Å²) in [5.74, 6) is 2.26. The second-order valence-corrected chi connectivity index (χ2v) is 7.87. The van der Waals surface area contributed by atoms with Crippen molar-refractivity contribution in [1.82, 2.24) is 9.78 Å². The van der Waals surface area contributed by atoms with Crippen molar-refractivity contribution < 1.29 is 4.79 Å². The van der Waals surface area contributed by atoms with Gasteiger partial charge in [-0.3, -0.25) is 4.79 Å². The van der Waals surface area contributed by atoms with Gasteiger partial charge in [0.25, 0.3) is 5.91 Å². The molecule has 0 atom stereocenters. The minimum atomic E-state index is -0.165. The molecule has 1 amide bonds. The van der Waals surface area contributed by atoms with Crippen molar-refractivity contribution in [3.63, 3.8) is 0 Å². The maximum atomic E-state index is 12.8. The summed E-state index contributed by atoms with van der Waals surface area (Å²) in [6.45, 7) is 0. The first-order valence-electron chi connectivity index (χ1n) is 7.64. The normalized spacial score (nSPS) is 12.9. The Morgan fingerprint density at radius 3 is 2.68 bits per heavy atom. The summed E-state index contributed by atoms with van der Waals surface area (Å²) in [4.78, 5) is 12.8. The van der Waals surface area contributed by atoms with Crippen LogP contribution in [0.3, 0.4) is 0 Å². The molecular formula is C18H13BrClN3OS. The largest absolute Gasteiger partial charge is 0.306 e. The first-order valence-corrected chi connectivity index (χ1v) is 9.96. The van der Waals surface area contributed by atoms with Gasteiger partial charge in [0, 0.05) is 26.6 Å². The van der Waals surface area contributed by atoms with E-state index in [1.165, 1.54) is 0 Å². The van der Waals surface area contributed by atoms with Crippen LogP contribution in [0.25, 0.3) is 5.69 Å². The number of anilines is 1. The highest BCUT2D eigenvalue weighted by atomic mass is 79.9. The highest BCUT2D eigenvalue weighted by molar-refractivity contribution is 9.10. The number of hydrogen-bond acceptors (Lipinski definition) is 3. The zero-order valence-corrected chi connectivity index (χ0v) is 16.2. The molecule has 4 rings (SSSR count). The highest BCUT2D eigenvalue weighted by Gasteiger charge is 2.25. The van der Waals surface area contributed by atoms with E-state index in [9.17, 15) is 4.79 Å². The zero-order valence-electron chi connectivity index (χ0n) is 13.0. The quantitative estimate of drug-likeness (QED) is 0.609. The number of nitrogens with zero attached hydrogens (tertiary/aromatic N) is 2. The van der Waals surface area contributed by atoms with Crippen LogP contribution in [-0.2, 0) is 11.5 Å². The number of carbonyl (C=O) groups is 1. The molecule has 1 N–H and O–H groups in total. The third-order valence-electron chi connectivity index (χ3n) is 3.97. The molecule has 0 saturated carbocycles. The molecule has 1 aromatic heterocycles. The molecule has 0 bridgehead atoms. The summed E-state index contributed by atoms with van der Waals surface area (Å²) in [5, 5.41) is 8.40. The van der Waals surface area contributed by atoms with Gasteiger partial charge in [-0.05, 0) is 52.3 Å². The summed E-state index contributed by atoms with van der Waals surface area (Å²) >= 11 is 11.2. The van der Waals surface area contributed by atoms with Crippen molar-refractivity contribution >= 4 is 51.0 Å². The van der Waals surface area contributed by atoms with Crippen molar-refractivity contribution in [3.05, 3.63) is 74.8 Å². The molecular weight excluding hydrogens is 422 g/mol. The maximum absolute atomic E-state index is 12.8. The first-order chi connectivity index (χ1) is 12.1. The van der Waals surface area contributed by atoms with E-state index < -0.39 is 0 Å². The van der Waals surface area contributed by atoms with E-state index in [1.807, 2.05) is 42.5 Å². The van der Waals surface area contributed by atoms with Gasteiger partial charge in [0.2, 0.25) is 0 Å². The second kappa shape index (κ2) is 6.86. The minimum absolute atomic E-state index is 0.165. The van der Waals surface area contributed by atoms with E-state index in [0.29, 0.717) is 10.6 Å². The van der Waals surface area contributed by atoms with Crippen molar-refractivity contribution in [1.29, 1.82) is 0 Å². The van der Waals surface area contributed by atoms with Crippen molar-refractivity contribution in [3.8, 4) is 5.69 Å². The number of halogens is 2. The monoisotopic (exact) mass is 433 g/mol. The fourth-order valence-corrected chi connectivity index (χ4v) is 4.36. The van der Waals surface area contributed by atoms with Crippen molar-refractivity contribution in [2.75, 3.05) is 5.32 Å². The van der Waals surface area contributed by atoms with E-state index in [2.05, 4.69) is 26.3 Å². The van der Waals surface area contributed by atoms with Crippen molar-refractivity contribution in [2.24, 2.45) is 0 Å². The summed E-state index contributed by atoms with van der Waals surface area (Å²) < 4.78 is 2.55. The number of nitrogens with one attached hydrogen (secondary N) is 1. The van der Waals surface area contributed by atoms with E-state index >= 15 is 0 Å². The number of benzene rings is 2. The standard InChI is InChI=1S/C18H13BrClN3OS/c19-15-4-2-1-3-13(15)18(24)21-17-14-9-25-10-16(14)22-23(17)12-7-5-11(20)6-8-12/h1-8H,9-10H2,(H,21,24). The zero-order chi connectivity index (χ0) is 17.4. The van der Waals surface area contributed by atoms with Crippen LogP contribution in [0.15, 0.2) is 53.0 Å². The molecule has 2 heterocycles. The third-order valence-corrected chi connectivity index (χ3v) is 5.89. The molecule has 0 saturated heterocycles. The Morgan fingerprint density at radius 1 is 1.16 bits per heavy atom. The van der Waals surface area contributed by atoms with Crippen LogP contribution < -0.4 is 5.32 Å². The Hall–Kier alpha value is -1.76. The SMILES string of the molecule is O=C(Nc1c2c(nn1-c1ccc(Cl)cc1)CSC2)c1ccccc1Br. The molecule has 7 heteroatoms. The number of carbonyl (C=O) groups excluding carboxylic acids is 1. The van der Waals surface area contributed by atoms with Gasteiger partial charge in [0.05, 0.1) is 16.9 Å². The van der Waals surface area contributed by atoms with Crippen LogP contribution in [0.5, 0.6) is 0 Å². The van der Waals surface area contributed by atoms with Crippen LogP contribution in [0.4, 0.5) is 5.82 Å². The molecule has 25 heavy (non-hydrogen) atoms. The smallest absolute Gasteiger partial charge is 0.257 e. The number of fused-ring (bicyclic) bond motifs is 1. The molecule has 1 aliphatic rings. The Morgan fingerprint density at radius 2 is 1.92 bits per heavy atom. The topological polar surface area (TPSA) is 46.9 Å². The van der Waals surface area contributed by atoms with E-state index in [-0.39, 0.29) is 5.91 Å². The molecule has 0 radical (unpaired) electrons. The molecule has 126 valence electrons. The highest BCUT2D eigenvalue weighted by Crippen LogP contribution is 2.36. The summed E-state index contributed by atoms with van der Waals surface area (Å²) in [7, 11) is 0. The average molecular weight is 435 g/mol. The lowest BCUT2D eigenvalue weighted by atomic mass is 10.2. The third kappa shape index (κ3) is 3.21. The molecule has 0 fully saturated rings. The summed E-state index contributed by atoms with van der Waals surface area (Å²) in [5.41, 5.74) is 3.56. The van der Waals surface area contributed by atoms with Crippen LogP contribution in [0.2, 0.25) is 5.02 Å². The second-order valence-electron chi connectivity index (χ2n) is 5.59. The van der Waals surface area contributed by atoms with Gasteiger partial charge in [-0.15, -0.1) is 0 Å². The lowest BCUT2D eigenvalue weighted by Crippen LogP contribution is -2.16. The van der Waals surface area contributed by atoms with Gasteiger partial charge in [0.1, 0.15) is 5.82 Å². The molecule has 1 aliphatic heterocycles. The van der Waals surface area contributed by atoms with Crippen LogP contribution >= 0.6 is 39.3 Å². The molecule has 3 aromatic rings. The Bertz CT molecular complexity index is 955. The Balaban J connectivity index is 1.75. The lowest BCUT2D eigenvalue weighted by molar-refractivity contribution is 0.102. The predicted molar refractivity (Wildman–Crippen MR) is 106 cm³/mol. The minimum Gasteiger partial charge on any atom is -0.306 e. The summed E-state index contributed by atoms with van der Waals surface area (Å²) in [6.07, 6.45) is 0. The fraction of sp³-hybridized carbons (Fsp3) is 0.111. The Labute approximate surface area is 162 Å². The maximum Gasteiger partial charge on any atom is 0.257 e. The molecule has 4 nitrogen and oxygen atoms in total. The fourth-order valence-electron chi connectivity index (χ4n) is 2.73. The number of amides is 1. The first kappa shape index (κ1) is 16.7. The summed E-state index contributed by atoms with van der Waals surface area (Å²) in [6, 6.07) is 14.8. The van der Waals surface area contributed by atoms with Gasteiger partial charge in [-0.1, -0.05) is 23.7 Å². The lowest BCUT2D eigenvalue weighted by Gasteiger charge is -2.12. The number of rotatable bonds is 3. The van der Waals surface area contributed by atoms with E-state index in [4.69, 9.17) is 11.6 Å². The number of aromatic nitrogens is 2. The van der Waals surface area contributed by atoms with E-state index in [1.54, 1.807) is 22.5 Å². The molecule has 0 spiro atoms. The van der Waals surface area contributed by atoms with Crippen molar-refractivity contribution in [2.45, 2.75) is 11.5 Å². The van der Waals surface area contributed by atoms with Crippen LogP contribution in [0, 0.1) is 0 Å². The molecule has 0 unspecified atom stereocenters. The van der Waals surface area contributed by atoms with Gasteiger partial charge in [-0.2, -0.15) is 16.9 Å². The van der Waals surface area contributed by atoms with Gasteiger partial charge >= 0.3 is 0 Å². The van der Waals surface area contributed by atoms with Crippen LogP contribution in [-0.4, -0.2) is 15.7 Å². The molecule has 0 aliphatic carbocycles. The van der Waals surface area contributed by atoms with Gasteiger partial charge < -0.3 is 5.32 Å². The van der Waals surface area contributed by atoms with E-state index in [0.717, 1.165) is 38.7 Å². The molecule has 2 aromatic carbocycles. The van der Waals surface area contributed by atoms with Crippen LogP contribution in [0.1, 0.15) is 21.6 Å². The van der Waals surface area contributed by atoms with Gasteiger partial charge in [0.15, 0.2) is 0 Å². The average Bonchev–Trinajstić information content (AvgIpc) is 3.19. The number of hydrogen-bond donors (Lipinski definition) is 1. The predicted octanol–water partition coefficient (Wildman–Crippen LogP) is 5.29. The Kier molecular flexibility index (Phi) is 4.58.